The van der Waals surface area contributed by atoms with Crippen molar-refractivity contribution in [2.45, 2.75) is 16.6 Å². The topological polar surface area (TPSA) is 105 Å². The Morgan fingerprint density at radius 3 is 2.47 bits per heavy atom. The van der Waals surface area contributed by atoms with Gasteiger partial charge in [-0.15, -0.1) is 11.8 Å². The van der Waals surface area contributed by atoms with Gasteiger partial charge in [0, 0.05) is 69.9 Å². The molecule has 32 heavy (non-hydrogen) atoms. The number of anilines is 1. The van der Waals surface area contributed by atoms with Crippen LogP contribution in [0.2, 0.25) is 0 Å². The highest BCUT2D eigenvalue weighted by Crippen LogP contribution is 2.43. The van der Waals surface area contributed by atoms with Gasteiger partial charge in [-0.3, -0.25) is 4.90 Å². The summed E-state index contributed by atoms with van der Waals surface area (Å²) in [6.45, 7) is 6.55. The molecule has 0 N–H and O–H groups in total. The summed E-state index contributed by atoms with van der Waals surface area (Å²) >= 11 is 1.85. The normalized spacial score (nSPS) is 22.8. The molecule has 3 aliphatic rings. The fourth-order valence-electron chi connectivity index (χ4n) is 4.33. The highest BCUT2D eigenvalue weighted by atomic mass is 32.2. The Kier molecular flexibility index (Phi) is 6.30. The maximum Gasteiger partial charge on any atom is 0.211 e. The third-order valence-corrected chi connectivity index (χ3v) is 8.62. The first kappa shape index (κ1) is 22.0. The Morgan fingerprint density at radius 1 is 1.06 bits per heavy atom. The quantitative estimate of drug-likeness (QED) is 0.600. The maximum absolute atomic E-state index is 11.8. The van der Waals surface area contributed by atoms with Crippen molar-refractivity contribution in [3.05, 3.63) is 24.4 Å². The second kappa shape index (κ2) is 9.18. The van der Waals surface area contributed by atoms with Gasteiger partial charge in [-0.25, -0.2) is 28.4 Å². The summed E-state index contributed by atoms with van der Waals surface area (Å²) in [4.78, 5) is 23.9. The minimum Gasteiger partial charge on any atom is -0.378 e. The van der Waals surface area contributed by atoms with Gasteiger partial charge in [-0.05, 0) is 0 Å². The van der Waals surface area contributed by atoms with Crippen LogP contribution >= 0.6 is 11.8 Å². The van der Waals surface area contributed by atoms with Crippen LogP contribution in [-0.2, 0) is 21.2 Å². The van der Waals surface area contributed by atoms with Crippen molar-refractivity contribution < 1.29 is 13.2 Å². The molecule has 2 aromatic heterocycles. The second-order valence-corrected chi connectivity index (χ2v) is 11.6. The van der Waals surface area contributed by atoms with E-state index in [0.717, 1.165) is 61.1 Å². The maximum atomic E-state index is 11.8. The van der Waals surface area contributed by atoms with Crippen LogP contribution < -0.4 is 4.90 Å². The van der Waals surface area contributed by atoms with Gasteiger partial charge in [-0.1, -0.05) is 0 Å². The molecule has 0 spiro atoms. The van der Waals surface area contributed by atoms with E-state index in [1.807, 2.05) is 11.8 Å². The Labute approximate surface area is 192 Å². The number of morpholine rings is 1. The van der Waals surface area contributed by atoms with Gasteiger partial charge < -0.3 is 9.64 Å². The van der Waals surface area contributed by atoms with E-state index in [-0.39, 0.29) is 0 Å². The number of thioether (sulfide) groups is 1. The van der Waals surface area contributed by atoms with Gasteiger partial charge in [0.05, 0.1) is 35.6 Å². The molecule has 2 saturated heterocycles. The number of hydrogen-bond donors (Lipinski definition) is 0. The lowest BCUT2D eigenvalue weighted by Gasteiger charge is -2.34. The highest BCUT2D eigenvalue weighted by Gasteiger charge is 2.33. The molecule has 1 atom stereocenters. The summed E-state index contributed by atoms with van der Waals surface area (Å²) < 4.78 is 30.7. The van der Waals surface area contributed by atoms with E-state index in [2.05, 4.69) is 19.8 Å². The Morgan fingerprint density at radius 2 is 1.78 bits per heavy atom. The van der Waals surface area contributed by atoms with Crippen LogP contribution in [0.5, 0.6) is 0 Å². The standard InChI is InChI=1S/C20H27N7O3S2/c1-32(28,29)27-4-2-25(3-5-27)13-16-10-17-18(31-16)20(26-6-8-30-9-7-26)24-19(23-17)15-11-21-14-22-12-15/h11-12,14,16H,2-10,13H2,1H3. The fourth-order valence-corrected chi connectivity index (χ4v) is 6.57. The minimum absolute atomic E-state index is 0.367. The van der Waals surface area contributed by atoms with Crippen LogP contribution in [0.3, 0.4) is 0 Å². The monoisotopic (exact) mass is 477 g/mol. The van der Waals surface area contributed by atoms with Crippen LogP contribution in [0.4, 0.5) is 5.82 Å². The van der Waals surface area contributed by atoms with Crippen molar-refractivity contribution in [3.8, 4) is 11.4 Å². The molecular formula is C20H27N7O3S2. The van der Waals surface area contributed by atoms with Crippen LogP contribution in [0, 0.1) is 0 Å². The van der Waals surface area contributed by atoms with E-state index in [0.29, 0.717) is 37.4 Å². The lowest BCUT2D eigenvalue weighted by Crippen LogP contribution is -2.49. The molecule has 5 heterocycles. The zero-order chi connectivity index (χ0) is 22.1. The molecule has 0 saturated carbocycles. The van der Waals surface area contributed by atoms with Crippen LogP contribution in [0.15, 0.2) is 23.6 Å². The molecule has 5 rings (SSSR count). The number of nitrogens with zero attached hydrogens (tertiary/aromatic N) is 7. The number of hydrogen-bond acceptors (Lipinski definition) is 10. The van der Waals surface area contributed by atoms with Crippen molar-refractivity contribution in [3.63, 3.8) is 0 Å². The predicted molar refractivity (Wildman–Crippen MR) is 122 cm³/mol. The van der Waals surface area contributed by atoms with Crippen molar-refractivity contribution in [2.24, 2.45) is 0 Å². The molecule has 0 aliphatic carbocycles. The molecule has 0 radical (unpaired) electrons. The molecule has 1 unspecified atom stereocenters. The van der Waals surface area contributed by atoms with Crippen molar-refractivity contribution >= 4 is 27.6 Å². The summed E-state index contributed by atoms with van der Waals surface area (Å²) in [5.41, 5.74) is 1.89. The molecule has 2 fully saturated rings. The molecule has 0 bridgehead atoms. The fraction of sp³-hybridized carbons (Fsp3) is 0.600. The molecule has 0 aromatic carbocycles. The van der Waals surface area contributed by atoms with Gasteiger partial charge in [0.2, 0.25) is 10.0 Å². The first-order valence-corrected chi connectivity index (χ1v) is 13.5. The lowest BCUT2D eigenvalue weighted by molar-refractivity contribution is 0.122. The van der Waals surface area contributed by atoms with Crippen molar-refractivity contribution in [1.29, 1.82) is 0 Å². The smallest absolute Gasteiger partial charge is 0.211 e. The molecule has 12 heteroatoms. The number of sulfonamides is 1. The van der Waals surface area contributed by atoms with E-state index in [1.165, 1.54) is 12.6 Å². The molecular weight excluding hydrogens is 450 g/mol. The van der Waals surface area contributed by atoms with Gasteiger partial charge in [0.15, 0.2) is 5.82 Å². The summed E-state index contributed by atoms with van der Waals surface area (Å²) in [5, 5.41) is 0.367. The second-order valence-electron chi connectivity index (χ2n) is 8.28. The number of rotatable bonds is 5. The summed E-state index contributed by atoms with van der Waals surface area (Å²) in [6.07, 6.45) is 7.16. The van der Waals surface area contributed by atoms with Gasteiger partial charge in [-0.2, -0.15) is 4.31 Å². The minimum atomic E-state index is -3.11. The predicted octanol–water partition coefficient (Wildman–Crippen LogP) is 0.364. The zero-order valence-corrected chi connectivity index (χ0v) is 19.7. The number of fused-ring (bicyclic) bond motifs is 1. The number of piperazine rings is 1. The van der Waals surface area contributed by atoms with Crippen molar-refractivity contribution in [1.82, 2.24) is 29.1 Å². The molecule has 10 nitrogen and oxygen atoms in total. The Balaban J connectivity index is 1.35. The Hall–Kier alpha value is -1.86. The summed E-state index contributed by atoms with van der Waals surface area (Å²) in [5.74, 6) is 1.64. The van der Waals surface area contributed by atoms with Gasteiger partial charge in [0.25, 0.3) is 0 Å². The molecule has 2 aromatic rings. The third-order valence-electron chi connectivity index (χ3n) is 6.01. The first-order valence-electron chi connectivity index (χ1n) is 10.8. The summed E-state index contributed by atoms with van der Waals surface area (Å²) in [7, 11) is -3.11. The number of aromatic nitrogens is 4. The zero-order valence-electron chi connectivity index (χ0n) is 18.1. The van der Waals surface area contributed by atoms with Crippen molar-refractivity contribution in [2.75, 3.05) is 70.2 Å². The van der Waals surface area contributed by atoms with Gasteiger partial charge in [0.1, 0.15) is 12.1 Å². The lowest BCUT2D eigenvalue weighted by atomic mass is 10.2. The van der Waals surface area contributed by atoms with E-state index in [1.54, 1.807) is 16.7 Å². The van der Waals surface area contributed by atoms with E-state index in [9.17, 15) is 8.42 Å². The Bertz CT molecular complexity index is 1060. The van der Waals surface area contributed by atoms with Crippen LogP contribution in [-0.4, -0.2) is 108 Å². The average molecular weight is 478 g/mol. The summed E-state index contributed by atoms with van der Waals surface area (Å²) in [6, 6.07) is 0. The first-order chi connectivity index (χ1) is 15.5. The molecule has 0 amide bonds. The van der Waals surface area contributed by atoms with E-state index >= 15 is 0 Å². The largest absolute Gasteiger partial charge is 0.378 e. The SMILES string of the molecule is CS(=O)(=O)N1CCN(CC2Cc3nc(-c4cncnc4)nc(N4CCOCC4)c3S2)CC1. The van der Waals surface area contributed by atoms with Crippen LogP contribution in [0.25, 0.3) is 11.4 Å². The van der Waals surface area contributed by atoms with Crippen LogP contribution in [0.1, 0.15) is 5.69 Å². The molecule has 172 valence electrons. The number of ether oxygens (including phenoxy) is 1. The molecule has 3 aliphatic heterocycles. The average Bonchev–Trinajstić information content (AvgIpc) is 3.21. The van der Waals surface area contributed by atoms with Gasteiger partial charge >= 0.3 is 0 Å². The highest BCUT2D eigenvalue weighted by molar-refractivity contribution is 8.00. The third kappa shape index (κ3) is 4.74. The van der Waals surface area contributed by atoms with E-state index in [4.69, 9.17) is 14.7 Å². The van der Waals surface area contributed by atoms with E-state index < -0.39 is 10.0 Å².